The van der Waals surface area contributed by atoms with E-state index in [0.717, 1.165) is 0 Å². The minimum atomic E-state index is -3.17. The van der Waals surface area contributed by atoms with E-state index in [-0.39, 0.29) is 17.4 Å². The molecule has 0 atom stereocenters. The van der Waals surface area contributed by atoms with E-state index in [9.17, 15) is 13.2 Å². The molecule has 3 nitrogen and oxygen atoms in total. The van der Waals surface area contributed by atoms with Crippen LogP contribution in [0.4, 0.5) is 0 Å². The number of halogens is 1. The van der Waals surface area contributed by atoms with Gasteiger partial charge in [0.1, 0.15) is 0 Å². The van der Waals surface area contributed by atoms with Crippen molar-refractivity contribution >= 4 is 27.7 Å². The maximum Gasteiger partial charge on any atom is 0.233 e. The monoisotopic (exact) mass is 245 g/mol. The van der Waals surface area contributed by atoms with Crippen molar-refractivity contribution in [2.45, 2.75) is 5.75 Å². The summed E-state index contributed by atoms with van der Waals surface area (Å²) in [6, 6.07) is 6.38. The van der Waals surface area contributed by atoms with Gasteiger partial charge in [-0.15, -0.1) is 11.6 Å². The molecule has 1 radical (unpaired) electrons. The summed E-state index contributed by atoms with van der Waals surface area (Å²) in [7, 11) is -3.17. The Balaban J connectivity index is 2.85. The second-order valence-corrected chi connectivity index (χ2v) is 5.65. The van der Waals surface area contributed by atoms with Crippen molar-refractivity contribution in [3.8, 4) is 0 Å². The maximum absolute atomic E-state index is 11.4. The fourth-order valence-electron chi connectivity index (χ4n) is 1.17. The Morgan fingerprint density at radius 1 is 1.33 bits per heavy atom. The van der Waals surface area contributed by atoms with Gasteiger partial charge in [-0.2, -0.15) is 0 Å². The van der Waals surface area contributed by atoms with E-state index in [0.29, 0.717) is 11.1 Å². The van der Waals surface area contributed by atoms with Crippen molar-refractivity contribution in [3.63, 3.8) is 0 Å². The van der Waals surface area contributed by atoms with Crippen LogP contribution in [0.1, 0.15) is 11.1 Å². The van der Waals surface area contributed by atoms with Gasteiger partial charge in [-0.3, -0.25) is 4.79 Å². The topological polar surface area (TPSA) is 51.2 Å². The van der Waals surface area contributed by atoms with Crippen LogP contribution in [0.25, 0.3) is 0 Å². The first-order valence-corrected chi connectivity index (χ1v) is 6.66. The molecule has 0 aliphatic rings. The van der Waals surface area contributed by atoms with Crippen LogP contribution in [0.5, 0.6) is 0 Å². The molecule has 0 aliphatic carbocycles. The van der Waals surface area contributed by atoms with Crippen molar-refractivity contribution in [1.29, 1.82) is 0 Å². The van der Waals surface area contributed by atoms with Gasteiger partial charge in [-0.25, -0.2) is 8.42 Å². The minimum Gasteiger partial charge on any atom is -0.285 e. The third-order valence-corrected chi connectivity index (χ3v) is 3.83. The maximum atomic E-state index is 11.4. The summed E-state index contributed by atoms with van der Waals surface area (Å²) >= 11 is 5.37. The van der Waals surface area contributed by atoms with Crippen molar-refractivity contribution in [3.05, 3.63) is 35.4 Å². The third kappa shape index (κ3) is 4.01. The molecule has 0 aromatic heterocycles. The highest BCUT2D eigenvalue weighted by atomic mass is 35.5. The number of alkyl halides is 1. The Morgan fingerprint density at radius 2 is 2.07 bits per heavy atom. The highest BCUT2D eigenvalue weighted by Gasteiger charge is 2.11. The summed E-state index contributed by atoms with van der Waals surface area (Å²) in [6.45, 7) is 0. The van der Waals surface area contributed by atoms with Crippen LogP contribution in [0.2, 0.25) is 0 Å². The molecule has 0 saturated heterocycles. The van der Waals surface area contributed by atoms with Crippen LogP contribution >= 0.6 is 11.6 Å². The zero-order valence-electron chi connectivity index (χ0n) is 7.94. The number of sulfone groups is 1. The highest BCUT2D eigenvalue weighted by molar-refractivity contribution is 7.90. The molecule has 5 heteroatoms. The molecule has 0 heterocycles. The van der Waals surface area contributed by atoms with Crippen LogP contribution in [0.15, 0.2) is 24.3 Å². The first-order valence-electron chi connectivity index (χ1n) is 4.31. The van der Waals surface area contributed by atoms with E-state index in [1.54, 1.807) is 24.5 Å². The van der Waals surface area contributed by atoms with Gasteiger partial charge in [-0.1, -0.05) is 18.2 Å². The number of benzene rings is 1. The van der Waals surface area contributed by atoms with Crippen molar-refractivity contribution in [2.24, 2.45) is 0 Å². The van der Waals surface area contributed by atoms with E-state index in [1.165, 1.54) is 6.07 Å². The molecule has 0 fully saturated rings. The van der Waals surface area contributed by atoms with Crippen molar-refractivity contribution < 1.29 is 13.2 Å². The molecule has 0 N–H and O–H groups in total. The summed E-state index contributed by atoms with van der Waals surface area (Å²) in [5.41, 5.74) is 0.939. The van der Waals surface area contributed by atoms with Gasteiger partial charge >= 0.3 is 0 Å². The second kappa shape index (κ2) is 5.28. The van der Waals surface area contributed by atoms with Gasteiger partial charge in [0.2, 0.25) is 6.29 Å². The molecule has 0 amide bonds. The Kier molecular flexibility index (Phi) is 4.29. The molecule has 0 aliphatic heterocycles. The first kappa shape index (κ1) is 12.2. The fraction of sp³-hybridized carbons (Fsp3) is 0.300. The third-order valence-electron chi connectivity index (χ3n) is 1.82. The SMILES string of the molecule is O=[C]c1cccc(CS(=O)(=O)CCCl)c1. The normalized spacial score (nSPS) is 11.3. The van der Waals surface area contributed by atoms with E-state index < -0.39 is 9.84 Å². The van der Waals surface area contributed by atoms with Crippen LogP contribution in [-0.2, 0) is 20.4 Å². The van der Waals surface area contributed by atoms with E-state index in [4.69, 9.17) is 11.6 Å². The lowest BCUT2D eigenvalue weighted by Crippen LogP contribution is -2.10. The fourth-order valence-corrected chi connectivity index (χ4v) is 2.94. The summed E-state index contributed by atoms with van der Waals surface area (Å²) in [6.07, 6.45) is 1.71. The predicted octanol–water partition coefficient (Wildman–Crippen LogP) is 1.30. The number of carbonyl (C=O) groups excluding carboxylic acids is 1. The standard InChI is InChI=1S/C10H10ClO3S/c11-4-5-15(13,14)8-10-3-1-2-9(6-10)7-12/h1-3,6H,4-5,8H2. The van der Waals surface area contributed by atoms with Crippen LogP contribution in [-0.4, -0.2) is 26.3 Å². The zero-order valence-corrected chi connectivity index (χ0v) is 9.51. The quantitative estimate of drug-likeness (QED) is 0.735. The van der Waals surface area contributed by atoms with E-state index in [2.05, 4.69) is 0 Å². The van der Waals surface area contributed by atoms with Gasteiger partial charge in [-0.05, 0) is 11.6 Å². The lowest BCUT2D eigenvalue weighted by atomic mass is 10.2. The number of hydrogen-bond acceptors (Lipinski definition) is 3. The van der Waals surface area contributed by atoms with Gasteiger partial charge in [0.05, 0.1) is 11.5 Å². The van der Waals surface area contributed by atoms with Gasteiger partial charge in [0.25, 0.3) is 0 Å². The Labute approximate surface area is 94.0 Å². The summed E-state index contributed by atoms with van der Waals surface area (Å²) in [5, 5.41) is 0. The minimum absolute atomic E-state index is 0.0520. The van der Waals surface area contributed by atoms with Crippen molar-refractivity contribution in [2.75, 3.05) is 11.6 Å². The average Bonchev–Trinajstić information content (AvgIpc) is 2.17. The predicted molar refractivity (Wildman–Crippen MR) is 59.4 cm³/mol. The smallest absolute Gasteiger partial charge is 0.233 e. The molecule has 15 heavy (non-hydrogen) atoms. The molecule has 0 bridgehead atoms. The van der Waals surface area contributed by atoms with Crippen LogP contribution < -0.4 is 0 Å². The first-order chi connectivity index (χ1) is 7.07. The van der Waals surface area contributed by atoms with Crippen LogP contribution in [0, 0.1) is 0 Å². The number of hydrogen-bond donors (Lipinski definition) is 0. The van der Waals surface area contributed by atoms with Gasteiger partial charge in [0.15, 0.2) is 9.84 Å². The molecule has 1 aromatic carbocycles. The number of rotatable bonds is 5. The molecular weight excluding hydrogens is 236 g/mol. The van der Waals surface area contributed by atoms with E-state index >= 15 is 0 Å². The van der Waals surface area contributed by atoms with Crippen molar-refractivity contribution in [1.82, 2.24) is 0 Å². The van der Waals surface area contributed by atoms with Gasteiger partial charge in [0, 0.05) is 11.4 Å². The lowest BCUT2D eigenvalue weighted by Gasteiger charge is -2.02. The Bertz CT molecular complexity index is 440. The molecule has 1 aromatic rings. The van der Waals surface area contributed by atoms with Gasteiger partial charge < -0.3 is 0 Å². The molecule has 81 valence electrons. The highest BCUT2D eigenvalue weighted by Crippen LogP contribution is 2.08. The van der Waals surface area contributed by atoms with Crippen LogP contribution in [0.3, 0.4) is 0 Å². The largest absolute Gasteiger partial charge is 0.285 e. The molecule has 0 unspecified atom stereocenters. The van der Waals surface area contributed by atoms with E-state index in [1.807, 2.05) is 0 Å². The second-order valence-electron chi connectivity index (χ2n) is 3.08. The molecule has 0 spiro atoms. The Hall–Kier alpha value is -0.870. The molecule has 0 saturated carbocycles. The lowest BCUT2D eigenvalue weighted by molar-refractivity contribution is 0.562. The summed E-state index contributed by atoms with van der Waals surface area (Å²) in [5.74, 6) is -0.0549. The molecular formula is C10H10ClO3S. The summed E-state index contributed by atoms with van der Waals surface area (Å²) < 4.78 is 22.8. The Morgan fingerprint density at radius 3 is 2.67 bits per heavy atom. The molecule has 1 rings (SSSR count). The summed E-state index contributed by atoms with van der Waals surface area (Å²) in [4.78, 5) is 10.4. The zero-order chi connectivity index (χ0) is 11.3. The average molecular weight is 246 g/mol.